The van der Waals surface area contributed by atoms with Crippen LogP contribution in [0, 0.1) is 0 Å². The van der Waals surface area contributed by atoms with Crippen LogP contribution in [0.3, 0.4) is 0 Å². The molecular formula is C41H64N2Pd. The first-order valence-electron chi connectivity index (χ1n) is 18.1. The van der Waals surface area contributed by atoms with Gasteiger partial charge in [0.1, 0.15) is 0 Å². The van der Waals surface area contributed by atoms with E-state index in [1.54, 1.807) is 0 Å². The van der Waals surface area contributed by atoms with Gasteiger partial charge in [-0.3, -0.25) is 4.99 Å². The summed E-state index contributed by atoms with van der Waals surface area (Å²) in [7, 11) is 0. The van der Waals surface area contributed by atoms with Crippen LogP contribution in [0.5, 0.6) is 0 Å². The zero-order chi connectivity index (χ0) is 31.1. The summed E-state index contributed by atoms with van der Waals surface area (Å²) in [6.45, 7) is 13.5. The monoisotopic (exact) mass is 690 g/mol. The smallest absolute Gasteiger partial charge is 0.0845 e. The molecule has 0 N–H and O–H groups in total. The van der Waals surface area contributed by atoms with Crippen molar-refractivity contribution in [3.8, 4) is 0 Å². The molecule has 0 amide bonds. The van der Waals surface area contributed by atoms with Crippen LogP contribution < -0.4 is 0 Å². The summed E-state index contributed by atoms with van der Waals surface area (Å²) in [4.78, 5) is 10.4. The Morgan fingerprint density at radius 3 is 1.30 bits per heavy atom. The van der Waals surface area contributed by atoms with E-state index < -0.39 is 0 Å². The van der Waals surface area contributed by atoms with Crippen molar-refractivity contribution in [1.82, 2.24) is 0 Å². The van der Waals surface area contributed by atoms with Crippen LogP contribution in [0.2, 0.25) is 0 Å². The van der Waals surface area contributed by atoms with Crippen molar-refractivity contribution in [3.63, 3.8) is 0 Å². The minimum Gasteiger partial charge on any atom is -0.251 e. The van der Waals surface area contributed by atoms with E-state index >= 15 is 0 Å². The number of hydrogen-bond donors (Lipinski definition) is 0. The fourth-order valence-electron chi connectivity index (χ4n) is 5.92. The molecule has 0 atom stereocenters. The number of nitrogens with zero attached hydrogens (tertiary/aromatic N) is 2. The average Bonchev–Trinajstić information content (AvgIpc) is 2.97. The molecule has 3 heteroatoms. The first-order valence-corrected chi connectivity index (χ1v) is 18.1. The second-order valence-corrected chi connectivity index (χ2v) is 12.6. The third-order valence-electron chi connectivity index (χ3n) is 8.15. The molecule has 0 bridgehead atoms. The number of aryl methyl sites for hydroxylation is 4. The van der Waals surface area contributed by atoms with Crippen LogP contribution in [-0.2, 0) is 46.1 Å². The van der Waals surface area contributed by atoms with E-state index in [2.05, 4.69) is 90.1 Å². The normalized spacial score (nSPS) is 12.2. The Labute approximate surface area is 286 Å². The van der Waals surface area contributed by atoms with Gasteiger partial charge in [-0.05, 0) is 98.0 Å². The largest absolute Gasteiger partial charge is 0.251 e. The quantitative estimate of drug-likeness (QED) is 0.0630. The molecule has 0 saturated carbocycles. The second-order valence-electron chi connectivity index (χ2n) is 12.6. The van der Waals surface area contributed by atoms with Gasteiger partial charge in [-0.15, -0.1) is 0 Å². The molecule has 2 nitrogen and oxygen atoms in total. The molecule has 0 fully saturated rings. The topological polar surface area (TPSA) is 24.7 Å². The predicted octanol–water partition coefficient (Wildman–Crippen LogP) is 13.2. The van der Waals surface area contributed by atoms with E-state index in [1.807, 2.05) is 0 Å². The van der Waals surface area contributed by atoms with Crippen LogP contribution in [0.15, 0.2) is 58.5 Å². The van der Waals surface area contributed by atoms with Crippen LogP contribution in [0.25, 0.3) is 0 Å². The maximum atomic E-state index is 5.25. The maximum Gasteiger partial charge on any atom is 0.0845 e. The summed E-state index contributed by atoms with van der Waals surface area (Å²) >= 11 is 0. The molecule has 0 spiro atoms. The van der Waals surface area contributed by atoms with Crippen molar-refractivity contribution < 1.29 is 20.4 Å². The van der Waals surface area contributed by atoms with Gasteiger partial charge >= 0.3 is 0 Å². The van der Waals surface area contributed by atoms with Crippen molar-refractivity contribution >= 4 is 22.8 Å². The van der Waals surface area contributed by atoms with Crippen molar-refractivity contribution in [3.05, 3.63) is 70.8 Å². The zero-order valence-corrected chi connectivity index (χ0v) is 30.8. The Kier molecular flexibility index (Phi) is 23.2. The van der Waals surface area contributed by atoms with E-state index in [9.17, 15) is 0 Å². The molecule has 0 aliphatic rings. The van der Waals surface area contributed by atoms with Gasteiger partial charge in [-0.2, -0.15) is 0 Å². The first kappa shape index (κ1) is 40.2. The summed E-state index contributed by atoms with van der Waals surface area (Å²) in [6, 6.07) is 13.9. The molecule has 0 saturated heterocycles. The van der Waals surface area contributed by atoms with Gasteiger partial charge in [0.15, 0.2) is 0 Å². The van der Waals surface area contributed by atoms with Gasteiger partial charge in [0.05, 0.1) is 22.8 Å². The van der Waals surface area contributed by atoms with E-state index in [0.29, 0.717) is 0 Å². The Balaban J connectivity index is 0.00000968. The van der Waals surface area contributed by atoms with Gasteiger partial charge in [-0.25, -0.2) is 4.99 Å². The predicted molar refractivity (Wildman–Crippen MR) is 194 cm³/mol. The number of aliphatic imine (C=N–C) groups is 2. The number of unbranched alkanes of at least 4 members (excludes halogenated alkanes) is 10. The van der Waals surface area contributed by atoms with Crippen molar-refractivity contribution in [1.29, 1.82) is 0 Å². The SMILES string of the molecule is CCCCCCCCCCCCC=CC(=Nc1cc(CCC)cc(CCC)c1)C(C)=Nc1cc(CCC)cc(CCC)c1.[Pd]. The van der Waals surface area contributed by atoms with Crippen LogP contribution in [-0.4, -0.2) is 11.4 Å². The molecule has 2 rings (SSSR count). The summed E-state index contributed by atoms with van der Waals surface area (Å²) < 4.78 is 0. The minimum absolute atomic E-state index is 0. The van der Waals surface area contributed by atoms with Crippen molar-refractivity contribution in [2.45, 2.75) is 164 Å². The minimum atomic E-state index is 0. The van der Waals surface area contributed by atoms with Crippen LogP contribution >= 0.6 is 0 Å². The Morgan fingerprint density at radius 2 is 0.886 bits per heavy atom. The molecule has 0 radical (unpaired) electrons. The number of rotatable bonds is 23. The standard InChI is InChI=1S/C41H64N2.Pd/c1-7-12-13-14-15-16-17-18-19-20-21-22-27-41(43-40-32-37(25-10-4)29-38(33-40)26-11-5)34(6)42-39-30-35(23-8-2)28-36(31-39)24-9-3;/h22,27-33H,7-21,23-26H2,1-6H3;. The second kappa shape index (κ2) is 25.4. The number of benzene rings is 2. The molecule has 2 aromatic carbocycles. The van der Waals surface area contributed by atoms with Crippen molar-refractivity contribution in [2.75, 3.05) is 0 Å². The zero-order valence-electron chi connectivity index (χ0n) is 29.3. The molecular weight excluding hydrogens is 627 g/mol. The number of hydrogen-bond acceptors (Lipinski definition) is 2. The summed E-state index contributed by atoms with van der Waals surface area (Å²) in [5.74, 6) is 0. The Hall–Kier alpha value is -1.82. The van der Waals surface area contributed by atoms with E-state index in [-0.39, 0.29) is 20.4 Å². The van der Waals surface area contributed by atoms with Gasteiger partial charge in [-0.1, -0.05) is 136 Å². The molecule has 0 aromatic heterocycles. The molecule has 44 heavy (non-hydrogen) atoms. The Bertz CT molecular complexity index is 1080. The average molecular weight is 691 g/mol. The third kappa shape index (κ3) is 17.0. The fourth-order valence-corrected chi connectivity index (χ4v) is 5.92. The molecule has 2 aromatic rings. The van der Waals surface area contributed by atoms with Gasteiger partial charge < -0.3 is 0 Å². The fraction of sp³-hybridized carbons (Fsp3) is 0.610. The summed E-state index contributed by atoms with van der Waals surface area (Å²) in [6.07, 6.45) is 28.4. The Morgan fingerprint density at radius 1 is 0.500 bits per heavy atom. The summed E-state index contributed by atoms with van der Waals surface area (Å²) in [5.41, 5.74) is 9.69. The number of allylic oxidation sites excluding steroid dienone is 2. The molecule has 0 aliphatic carbocycles. The van der Waals surface area contributed by atoms with Gasteiger partial charge in [0.25, 0.3) is 0 Å². The third-order valence-corrected chi connectivity index (χ3v) is 8.15. The first-order chi connectivity index (χ1) is 21.0. The molecule has 0 unspecified atom stereocenters. The van der Waals surface area contributed by atoms with E-state index in [4.69, 9.17) is 9.98 Å². The summed E-state index contributed by atoms with van der Waals surface area (Å²) in [5, 5.41) is 0. The van der Waals surface area contributed by atoms with Crippen LogP contribution in [0.4, 0.5) is 11.4 Å². The maximum absolute atomic E-state index is 5.25. The van der Waals surface area contributed by atoms with Crippen molar-refractivity contribution in [2.24, 2.45) is 9.98 Å². The van der Waals surface area contributed by atoms with Gasteiger partial charge in [0.2, 0.25) is 0 Å². The molecule has 0 heterocycles. The molecule has 0 aliphatic heterocycles. The molecule has 248 valence electrons. The van der Waals surface area contributed by atoms with Crippen LogP contribution in [0.1, 0.15) is 160 Å². The van der Waals surface area contributed by atoms with Gasteiger partial charge in [0, 0.05) is 20.4 Å². The van der Waals surface area contributed by atoms with E-state index in [1.165, 1.54) is 86.5 Å². The van der Waals surface area contributed by atoms with E-state index in [0.717, 1.165) is 80.6 Å².